The molecule has 154 valence electrons. The number of nitrogens with zero attached hydrogens (tertiary/aromatic N) is 2. The quantitative estimate of drug-likeness (QED) is 0.708. The number of hydrogen-bond acceptors (Lipinski definition) is 6. The first-order valence-electron chi connectivity index (χ1n) is 9.27. The van der Waals surface area contributed by atoms with Crippen molar-refractivity contribution in [2.24, 2.45) is 0 Å². The highest BCUT2D eigenvalue weighted by atomic mass is 35.5. The Kier molecular flexibility index (Phi) is 6.87. The molecule has 29 heavy (non-hydrogen) atoms. The number of ether oxygens (including phenoxy) is 1. The summed E-state index contributed by atoms with van der Waals surface area (Å²) in [5, 5.41) is 4.16. The Labute approximate surface area is 175 Å². The van der Waals surface area contributed by atoms with Gasteiger partial charge in [0.25, 0.3) is 5.91 Å². The van der Waals surface area contributed by atoms with Crippen molar-refractivity contribution in [3.8, 4) is 11.6 Å². The molecule has 7 nitrogen and oxygen atoms in total. The maximum Gasteiger partial charge on any atom is 0.258 e. The number of carbonyl (C=O) groups excluding carboxylic acids is 1. The van der Waals surface area contributed by atoms with E-state index in [0.717, 1.165) is 37.3 Å². The third-order valence-corrected chi connectivity index (χ3v) is 5.39. The molecule has 0 bridgehead atoms. The minimum absolute atomic E-state index is 0.0485. The highest BCUT2D eigenvalue weighted by Gasteiger charge is 2.23. The molecule has 0 spiro atoms. The predicted octanol–water partition coefficient (Wildman–Crippen LogP) is 3.87. The third kappa shape index (κ3) is 6.27. The third-order valence-electron chi connectivity index (χ3n) is 4.47. The zero-order valence-electron chi connectivity index (χ0n) is 16.0. The van der Waals surface area contributed by atoms with Crippen LogP contribution in [0.15, 0.2) is 41.9 Å². The normalized spacial score (nSPS) is 15.0. The van der Waals surface area contributed by atoms with Gasteiger partial charge < -0.3 is 10.1 Å². The van der Waals surface area contributed by atoms with Crippen LogP contribution in [0.4, 0.5) is 0 Å². The van der Waals surface area contributed by atoms with E-state index in [9.17, 15) is 13.2 Å². The molecule has 1 aliphatic carbocycles. The van der Waals surface area contributed by atoms with Crippen molar-refractivity contribution >= 4 is 27.3 Å². The van der Waals surface area contributed by atoms with Gasteiger partial charge in [0.1, 0.15) is 17.1 Å². The fourth-order valence-corrected chi connectivity index (χ4v) is 3.73. The topological polar surface area (TPSA) is 98.2 Å². The van der Waals surface area contributed by atoms with Gasteiger partial charge in [-0.25, -0.2) is 13.4 Å². The van der Waals surface area contributed by atoms with Gasteiger partial charge in [-0.15, -0.1) is 0 Å². The summed E-state index contributed by atoms with van der Waals surface area (Å²) < 4.78 is 28.1. The first-order valence-corrected chi connectivity index (χ1v) is 11.6. The van der Waals surface area contributed by atoms with Crippen molar-refractivity contribution in [3.05, 3.63) is 58.4 Å². The Hall–Kier alpha value is -2.45. The number of halogens is 1. The van der Waals surface area contributed by atoms with Crippen LogP contribution >= 0.6 is 11.6 Å². The van der Waals surface area contributed by atoms with Crippen molar-refractivity contribution < 1.29 is 17.9 Å². The summed E-state index contributed by atoms with van der Waals surface area (Å²) in [6.45, 7) is 0.0485. The molecule has 3 rings (SSSR count). The zero-order valence-corrected chi connectivity index (χ0v) is 17.5. The van der Waals surface area contributed by atoms with E-state index in [4.69, 9.17) is 16.3 Å². The Morgan fingerprint density at radius 1 is 1.34 bits per heavy atom. The average molecular weight is 436 g/mol. The van der Waals surface area contributed by atoms with Crippen LogP contribution in [0.1, 0.15) is 47.8 Å². The second-order valence-electron chi connectivity index (χ2n) is 6.90. The molecule has 0 aliphatic heterocycles. The van der Waals surface area contributed by atoms with Gasteiger partial charge >= 0.3 is 0 Å². The van der Waals surface area contributed by atoms with Crippen molar-refractivity contribution in [3.63, 3.8) is 0 Å². The first-order chi connectivity index (χ1) is 13.8. The van der Waals surface area contributed by atoms with Crippen molar-refractivity contribution in [1.82, 2.24) is 15.3 Å². The fourth-order valence-electron chi connectivity index (χ4n) is 3.11. The molecule has 0 unspecified atom stereocenters. The lowest BCUT2D eigenvalue weighted by molar-refractivity contribution is 0.0954. The van der Waals surface area contributed by atoms with E-state index in [1.54, 1.807) is 24.3 Å². The molecule has 1 heterocycles. The van der Waals surface area contributed by atoms with Crippen LogP contribution in [0.5, 0.6) is 11.6 Å². The first kappa shape index (κ1) is 21.3. The fraction of sp³-hybridized carbons (Fsp3) is 0.350. The van der Waals surface area contributed by atoms with Gasteiger partial charge in [-0.3, -0.25) is 4.79 Å². The van der Waals surface area contributed by atoms with E-state index in [2.05, 4.69) is 15.3 Å². The highest BCUT2D eigenvalue weighted by Crippen LogP contribution is 2.34. The maximum atomic E-state index is 12.6. The largest absolute Gasteiger partial charge is 0.438 e. The van der Waals surface area contributed by atoms with Gasteiger partial charge in [0.2, 0.25) is 5.88 Å². The number of rotatable bonds is 7. The van der Waals surface area contributed by atoms with Crippen LogP contribution < -0.4 is 10.1 Å². The number of nitrogens with one attached hydrogen (secondary N) is 1. The van der Waals surface area contributed by atoms with E-state index in [1.165, 1.54) is 12.3 Å². The van der Waals surface area contributed by atoms with Gasteiger partial charge in [-0.1, -0.05) is 36.6 Å². The van der Waals surface area contributed by atoms with Crippen LogP contribution in [0.2, 0.25) is 5.02 Å². The molecule has 1 aromatic carbocycles. The molecule has 1 saturated carbocycles. The maximum absolute atomic E-state index is 12.6. The number of sulfone groups is 1. The molecule has 0 atom stereocenters. The van der Waals surface area contributed by atoms with Crippen LogP contribution in [0, 0.1) is 0 Å². The number of amides is 1. The molecule has 1 amide bonds. The van der Waals surface area contributed by atoms with Crippen LogP contribution in [-0.2, 0) is 9.84 Å². The summed E-state index contributed by atoms with van der Waals surface area (Å²) >= 11 is 6.02. The molecule has 1 fully saturated rings. The minimum atomic E-state index is -3.25. The molecule has 0 radical (unpaired) electrons. The van der Waals surface area contributed by atoms with Crippen LogP contribution in [0.3, 0.4) is 0 Å². The van der Waals surface area contributed by atoms with E-state index >= 15 is 0 Å². The summed E-state index contributed by atoms with van der Waals surface area (Å²) in [6, 6.07) is 6.82. The molecular weight excluding hydrogens is 414 g/mol. The summed E-state index contributed by atoms with van der Waals surface area (Å²) in [5.41, 5.74) is 0.166. The molecule has 1 aromatic heterocycles. The van der Waals surface area contributed by atoms with Crippen molar-refractivity contribution in [2.75, 3.05) is 12.8 Å². The van der Waals surface area contributed by atoms with Gasteiger partial charge in [0.15, 0.2) is 9.84 Å². The Morgan fingerprint density at radius 2 is 2.10 bits per heavy atom. The van der Waals surface area contributed by atoms with Gasteiger partial charge in [-0.2, -0.15) is 4.98 Å². The SMILES string of the molecule is CS(=O)(=O)/C=C/CNC(=O)c1cnc(C2CCCC2)nc1Oc1cccc(Cl)c1. The van der Waals surface area contributed by atoms with E-state index < -0.39 is 15.7 Å². The highest BCUT2D eigenvalue weighted by molar-refractivity contribution is 7.93. The molecule has 2 aromatic rings. The lowest BCUT2D eigenvalue weighted by atomic mass is 10.1. The summed E-state index contributed by atoms with van der Waals surface area (Å²) in [5.74, 6) is 1.06. The van der Waals surface area contributed by atoms with Gasteiger partial charge in [0.05, 0.1) is 0 Å². The molecule has 1 N–H and O–H groups in total. The molecule has 9 heteroatoms. The van der Waals surface area contributed by atoms with Crippen molar-refractivity contribution in [2.45, 2.75) is 31.6 Å². The number of benzene rings is 1. The lowest BCUT2D eigenvalue weighted by Crippen LogP contribution is -2.25. The van der Waals surface area contributed by atoms with Gasteiger partial charge in [-0.05, 0) is 31.0 Å². The number of carbonyl (C=O) groups is 1. The monoisotopic (exact) mass is 435 g/mol. The second-order valence-corrected chi connectivity index (χ2v) is 9.27. The summed E-state index contributed by atoms with van der Waals surface area (Å²) in [4.78, 5) is 21.5. The van der Waals surface area contributed by atoms with Gasteiger partial charge in [0, 0.05) is 35.3 Å². The van der Waals surface area contributed by atoms with E-state index in [1.807, 2.05) is 0 Å². The Balaban J connectivity index is 1.84. The molecule has 0 saturated heterocycles. The molecular formula is C20H22ClN3O4S. The standard InChI is InChI=1S/C20H22ClN3O4S/c1-29(26,27)11-5-10-22-19(25)17-13-23-18(14-6-2-3-7-14)24-20(17)28-16-9-4-8-15(21)12-16/h4-5,8-9,11-14H,2-3,6-7,10H2,1H3,(H,22,25)/b11-5+. The lowest BCUT2D eigenvalue weighted by Gasteiger charge is -2.13. The van der Waals surface area contributed by atoms with E-state index in [-0.39, 0.29) is 23.9 Å². The summed E-state index contributed by atoms with van der Waals surface area (Å²) in [6.07, 6.45) is 8.18. The average Bonchev–Trinajstić information content (AvgIpc) is 3.19. The second kappa shape index (κ2) is 9.37. The Bertz CT molecular complexity index is 1020. The minimum Gasteiger partial charge on any atom is -0.438 e. The Morgan fingerprint density at radius 3 is 2.79 bits per heavy atom. The van der Waals surface area contributed by atoms with Crippen LogP contribution in [-0.4, -0.2) is 37.1 Å². The van der Waals surface area contributed by atoms with E-state index in [0.29, 0.717) is 16.6 Å². The zero-order chi connectivity index (χ0) is 20.9. The smallest absolute Gasteiger partial charge is 0.258 e. The molecule has 1 aliphatic rings. The number of aromatic nitrogens is 2. The van der Waals surface area contributed by atoms with Crippen LogP contribution in [0.25, 0.3) is 0 Å². The number of hydrogen-bond donors (Lipinski definition) is 1. The predicted molar refractivity (Wildman–Crippen MR) is 111 cm³/mol. The summed E-state index contributed by atoms with van der Waals surface area (Å²) in [7, 11) is -3.25. The van der Waals surface area contributed by atoms with Crippen molar-refractivity contribution in [1.29, 1.82) is 0 Å².